The number of fused-ring (bicyclic) bond motifs is 1. The van der Waals surface area contributed by atoms with E-state index in [0.717, 1.165) is 27.6 Å². The number of amides is 1. The average Bonchev–Trinajstić information content (AvgIpc) is 2.92. The summed E-state index contributed by atoms with van der Waals surface area (Å²) in [5.41, 5.74) is 3.93. The van der Waals surface area contributed by atoms with Crippen LogP contribution in [0.3, 0.4) is 0 Å². The normalized spacial score (nSPS) is 15.7. The standard InChI is InChI=1S/C20H14N2O2S2/c1-11-14-7-2-3-8-15(14)21-19(24)17(11)13-6-4-5-12(9-13)10-16-18(23)22-20(25)26-16/h2-10H,1H3,(H,21,24)(H,22,23,25)/b16-10-. The number of thiocarbonyl (C=S) groups is 1. The van der Waals surface area contributed by atoms with Gasteiger partial charge < -0.3 is 10.3 Å². The van der Waals surface area contributed by atoms with Crippen LogP contribution in [0.15, 0.2) is 58.2 Å². The summed E-state index contributed by atoms with van der Waals surface area (Å²) in [6, 6.07) is 15.3. The van der Waals surface area contributed by atoms with Crippen molar-refractivity contribution in [3.05, 3.63) is 74.9 Å². The molecule has 6 heteroatoms. The van der Waals surface area contributed by atoms with E-state index in [-0.39, 0.29) is 11.5 Å². The second-order valence-corrected chi connectivity index (χ2v) is 7.70. The summed E-state index contributed by atoms with van der Waals surface area (Å²) in [6.45, 7) is 1.96. The Kier molecular flexibility index (Phi) is 4.22. The molecule has 0 unspecified atom stereocenters. The van der Waals surface area contributed by atoms with Crippen LogP contribution in [0.25, 0.3) is 28.1 Å². The molecular weight excluding hydrogens is 364 g/mol. The molecule has 1 saturated heterocycles. The maximum atomic E-state index is 12.6. The molecule has 0 radical (unpaired) electrons. The summed E-state index contributed by atoms with van der Waals surface area (Å²) in [6.07, 6.45) is 1.79. The van der Waals surface area contributed by atoms with Gasteiger partial charge in [-0.25, -0.2) is 0 Å². The minimum Gasteiger partial charge on any atom is -0.321 e. The summed E-state index contributed by atoms with van der Waals surface area (Å²) >= 11 is 6.26. The maximum Gasteiger partial charge on any atom is 0.263 e. The number of para-hydroxylation sites is 1. The van der Waals surface area contributed by atoms with Crippen molar-refractivity contribution in [1.82, 2.24) is 10.3 Å². The molecule has 0 spiro atoms. The zero-order valence-corrected chi connectivity index (χ0v) is 15.5. The Morgan fingerprint density at radius 1 is 1.08 bits per heavy atom. The molecule has 0 aliphatic carbocycles. The molecule has 3 aromatic rings. The number of hydrogen-bond acceptors (Lipinski definition) is 4. The third-order valence-corrected chi connectivity index (χ3v) is 5.46. The number of rotatable bonds is 2. The number of H-pyrrole nitrogens is 1. The van der Waals surface area contributed by atoms with Gasteiger partial charge in [0.05, 0.1) is 10.5 Å². The average molecular weight is 378 g/mol. The van der Waals surface area contributed by atoms with Crippen molar-refractivity contribution in [1.29, 1.82) is 0 Å². The smallest absolute Gasteiger partial charge is 0.263 e. The van der Waals surface area contributed by atoms with E-state index in [1.165, 1.54) is 11.8 Å². The molecule has 2 heterocycles. The van der Waals surface area contributed by atoms with Gasteiger partial charge in [-0.15, -0.1) is 0 Å². The van der Waals surface area contributed by atoms with Gasteiger partial charge in [-0.05, 0) is 41.8 Å². The molecule has 0 saturated carbocycles. The van der Waals surface area contributed by atoms with Crippen LogP contribution in [0, 0.1) is 6.92 Å². The maximum absolute atomic E-state index is 12.6. The zero-order chi connectivity index (χ0) is 18.3. The van der Waals surface area contributed by atoms with Crippen molar-refractivity contribution in [2.75, 3.05) is 0 Å². The third kappa shape index (κ3) is 2.98. The van der Waals surface area contributed by atoms with Crippen molar-refractivity contribution in [3.63, 3.8) is 0 Å². The number of aryl methyl sites for hydroxylation is 1. The quantitative estimate of drug-likeness (QED) is 0.523. The minimum absolute atomic E-state index is 0.125. The van der Waals surface area contributed by atoms with Crippen LogP contribution in [0.4, 0.5) is 0 Å². The summed E-state index contributed by atoms with van der Waals surface area (Å²) in [5.74, 6) is -0.190. The van der Waals surface area contributed by atoms with Gasteiger partial charge >= 0.3 is 0 Å². The molecule has 1 fully saturated rings. The van der Waals surface area contributed by atoms with Gasteiger partial charge in [-0.1, -0.05) is 60.4 Å². The predicted molar refractivity (Wildman–Crippen MR) is 111 cm³/mol. The Morgan fingerprint density at radius 3 is 2.65 bits per heavy atom. The highest BCUT2D eigenvalue weighted by molar-refractivity contribution is 8.26. The minimum atomic E-state index is -0.190. The fraction of sp³-hybridized carbons (Fsp3) is 0.0500. The van der Waals surface area contributed by atoms with Crippen molar-refractivity contribution in [3.8, 4) is 11.1 Å². The first-order valence-corrected chi connectivity index (χ1v) is 9.22. The molecule has 1 amide bonds. The number of thioether (sulfide) groups is 1. The van der Waals surface area contributed by atoms with E-state index in [1.54, 1.807) is 6.08 Å². The molecule has 2 N–H and O–H groups in total. The van der Waals surface area contributed by atoms with Crippen LogP contribution in [-0.2, 0) is 4.79 Å². The molecule has 26 heavy (non-hydrogen) atoms. The van der Waals surface area contributed by atoms with Gasteiger partial charge in [-0.3, -0.25) is 9.59 Å². The molecule has 1 aliphatic rings. The van der Waals surface area contributed by atoms with Crippen LogP contribution in [0.1, 0.15) is 11.1 Å². The van der Waals surface area contributed by atoms with Crippen LogP contribution in [-0.4, -0.2) is 15.2 Å². The Hall–Kier alpha value is -2.70. The lowest BCUT2D eigenvalue weighted by molar-refractivity contribution is -0.115. The first-order chi connectivity index (χ1) is 12.5. The number of carbonyl (C=O) groups excluding carboxylic acids is 1. The van der Waals surface area contributed by atoms with E-state index in [9.17, 15) is 9.59 Å². The van der Waals surface area contributed by atoms with E-state index >= 15 is 0 Å². The van der Waals surface area contributed by atoms with Crippen molar-refractivity contribution < 1.29 is 4.79 Å². The third-order valence-electron chi connectivity index (χ3n) is 4.30. The SMILES string of the molecule is Cc1c(-c2cccc(/C=C3\SC(=S)NC3=O)c2)c(=O)[nH]c2ccccc12. The van der Waals surface area contributed by atoms with E-state index in [2.05, 4.69) is 10.3 Å². The highest BCUT2D eigenvalue weighted by Gasteiger charge is 2.22. The molecule has 4 rings (SSSR count). The molecule has 0 atom stereocenters. The second kappa shape index (κ2) is 6.55. The topological polar surface area (TPSA) is 62.0 Å². The van der Waals surface area contributed by atoms with Gasteiger partial charge in [0.2, 0.25) is 0 Å². The monoisotopic (exact) mass is 378 g/mol. The fourth-order valence-corrected chi connectivity index (χ4v) is 4.16. The highest BCUT2D eigenvalue weighted by atomic mass is 32.2. The number of aromatic nitrogens is 1. The summed E-state index contributed by atoms with van der Waals surface area (Å²) in [7, 11) is 0. The van der Waals surface area contributed by atoms with Crippen LogP contribution >= 0.6 is 24.0 Å². The number of pyridine rings is 1. The molecule has 128 valence electrons. The lowest BCUT2D eigenvalue weighted by atomic mass is 9.97. The Balaban J connectivity index is 1.84. The molecule has 0 bridgehead atoms. The van der Waals surface area contributed by atoms with Gasteiger partial charge in [-0.2, -0.15) is 0 Å². The first kappa shape index (κ1) is 16.8. The molecular formula is C20H14N2O2S2. The fourth-order valence-electron chi connectivity index (χ4n) is 3.11. The number of aromatic amines is 1. The van der Waals surface area contributed by atoms with Crippen molar-refractivity contribution in [2.45, 2.75) is 6.92 Å². The van der Waals surface area contributed by atoms with E-state index < -0.39 is 0 Å². The number of benzene rings is 2. The van der Waals surface area contributed by atoms with Crippen LogP contribution < -0.4 is 10.9 Å². The number of hydrogen-bond donors (Lipinski definition) is 2. The van der Waals surface area contributed by atoms with Crippen molar-refractivity contribution >= 4 is 51.2 Å². The highest BCUT2D eigenvalue weighted by Crippen LogP contribution is 2.29. The van der Waals surface area contributed by atoms with E-state index in [4.69, 9.17) is 12.2 Å². The molecule has 2 aromatic carbocycles. The lowest BCUT2D eigenvalue weighted by Crippen LogP contribution is -2.17. The second-order valence-electron chi connectivity index (χ2n) is 5.98. The summed E-state index contributed by atoms with van der Waals surface area (Å²) < 4.78 is 0.458. The van der Waals surface area contributed by atoms with E-state index in [0.29, 0.717) is 14.8 Å². The number of nitrogens with one attached hydrogen (secondary N) is 2. The van der Waals surface area contributed by atoms with Gasteiger partial charge in [0, 0.05) is 10.9 Å². The van der Waals surface area contributed by atoms with Crippen LogP contribution in [0.2, 0.25) is 0 Å². The van der Waals surface area contributed by atoms with Gasteiger partial charge in [0.25, 0.3) is 11.5 Å². The molecule has 1 aromatic heterocycles. The Bertz CT molecular complexity index is 1160. The summed E-state index contributed by atoms with van der Waals surface area (Å²) in [4.78, 5) is 28.0. The summed E-state index contributed by atoms with van der Waals surface area (Å²) in [5, 5.41) is 3.62. The van der Waals surface area contributed by atoms with E-state index in [1.807, 2.05) is 55.5 Å². The number of carbonyl (C=O) groups is 1. The molecule has 1 aliphatic heterocycles. The zero-order valence-electron chi connectivity index (χ0n) is 13.8. The van der Waals surface area contributed by atoms with Crippen molar-refractivity contribution in [2.24, 2.45) is 0 Å². The predicted octanol–water partition coefficient (Wildman–Crippen LogP) is 3.99. The van der Waals surface area contributed by atoms with Gasteiger partial charge in [0.1, 0.15) is 4.32 Å². The lowest BCUT2D eigenvalue weighted by Gasteiger charge is -2.09. The largest absolute Gasteiger partial charge is 0.321 e. The Morgan fingerprint density at radius 2 is 1.88 bits per heavy atom. The van der Waals surface area contributed by atoms with Crippen LogP contribution in [0.5, 0.6) is 0 Å². The Labute approximate surface area is 159 Å². The first-order valence-electron chi connectivity index (χ1n) is 8.00. The molecule has 4 nitrogen and oxygen atoms in total. The van der Waals surface area contributed by atoms with Gasteiger partial charge in [0.15, 0.2) is 0 Å².